The van der Waals surface area contributed by atoms with Gasteiger partial charge < -0.3 is 19.9 Å². The molecule has 1 fully saturated rings. The number of nitrogens with zero attached hydrogens (tertiary/aromatic N) is 4. The van der Waals surface area contributed by atoms with Gasteiger partial charge in [-0.15, -0.1) is 0 Å². The van der Waals surface area contributed by atoms with Crippen LogP contribution < -0.4 is 5.32 Å². The Bertz CT molecular complexity index is 1010. The van der Waals surface area contributed by atoms with Crippen LogP contribution in [0.1, 0.15) is 47.1 Å². The fraction of sp³-hybridized carbons (Fsp3) is 0.478. The van der Waals surface area contributed by atoms with Crippen molar-refractivity contribution in [2.45, 2.75) is 40.7 Å². The van der Waals surface area contributed by atoms with Crippen LogP contribution in [0.2, 0.25) is 0 Å². The van der Waals surface area contributed by atoms with Crippen LogP contribution in [-0.2, 0) is 9.53 Å². The summed E-state index contributed by atoms with van der Waals surface area (Å²) in [5.74, 6) is -0.289. The van der Waals surface area contributed by atoms with Crippen molar-refractivity contribution >= 4 is 23.6 Å². The minimum absolute atomic E-state index is 0.0803. The molecule has 2 heterocycles. The number of hydrogen-bond donors (Lipinski definition) is 1. The Morgan fingerprint density at radius 2 is 1.75 bits per heavy atom. The Kier molecular flexibility index (Phi) is 7.17. The Hall–Kier alpha value is -3.36. The lowest BCUT2D eigenvalue weighted by Gasteiger charge is -2.35. The van der Waals surface area contributed by atoms with Crippen LogP contribution in [0.4, 0.5) is 10.5 Å². The number of nitrogens with one attached hydrogen (secondary N) is 1. The van der Waals surface area contributed by atoms with E-state index in [4.69, 9.17) is 4.74 Å². The molecule has 9 heteroatoms. The fourth-order valence-corrected chi connectivity index (χ4v) is 3.76. The number of carbonyl (C=O) groups excluding carboxylic acids is 3. The van der Waals surface area contributed by atoms with E-state index in [1.165, 1.54) is 0 Å². The van der Waals surface area contributed by atoms with E-state index in [0.717, 1.165) is 11.1 Å². The Morgan fingerprint density at radius 1 is 1.09 bits per heavy atom. The zero-order chi connectivity index (χ0) is 23.4. The second kappa shape index (κ2) is 9.84. The lowest BCUT2D eigenvalue weighted by atomic mass is 10.1. The first-order chi connectivity index (χ1) is 15.2. The van der Waals surface area contributed by atoms with E-state index >= 15 is 0 Å². The molecule has 0 bridgehead atoms. The Morgan fingerprint density at radius 3 is 2.38 bits per heavy atom. The molecule has 172 valence electrons. The summed E-state index contributed by atoms with van der Waals surface area (Å²) in [4.78, 5) is 40.9. The van der Waals surface area contributed by atoms with Crippen molar-refractivity contribution in [3.63, 3.8) is 0 Å². The van der Waals surface area contributed by atoms with Crippen molar-refractivity contribution in [1.82, 2.24) is 19.6 Å². The van der Waals surface area contributed by atoms with Gasteiger partial charge in [0.1, 0.15) is 6.04 Å². The number of ether oxygens (including phenoxy) is 1. The first-order valence-electron chi connectivity index (χ1n) is 10.9. The van der Waals surface area contributed by atoms with Gasteiger partial charge in [-0.05, 0) is 46.2 Å². The highest BCUT2D eigenvalue weighted by Crippen LogP contribution is 2.20. The van der Waals surface area contributed by atoms with Crippen LogP contribution in [0.15, 0.2) is 24.4 Å². The predicted octanol–water partition coefficient (Wildman–Crippen LogP) is 2.92. The second-order valence-corrected chi connectivity index (χ2v) is 8.07. The fourth-order valence-electron chi connectivity index (χ4n) is 3.76. The normalized spacial score (nSPS) is 14.8. The number of anilines is 1. The number of carbonyl (C=O) groups is 3. The predicted molar refractivity (Wildman–Crippen MR) is 121 cm³/mol. The molecule has 1 atom stereocenters. The summed E-state index contributed by atoms with van der Waals surface area (Å²) >= 11 is 0. The second-order valence-electron chi connectivity index (χ2n) is 8.07. The van der Waals surface area contributed by atoms with Gasteiger partial charge in [0.25, 0.3) is 5.91 Å². The molecule has 3 amide bonds. The van der Waals surface area contributed by atoms with Gasteiger partial charge in [0.15, 0.2) is 0 Å². The number of rotatable bonds is 5. The molecule has 9 nitrogen and oxygen atoms in total. The van der Waals surface area contributed by atoms with Gasteiger partial charge in [-0.1, -0.05) is 17.7 Å². The van der Waals surface area contributed by atoms with Crippen LogP contribution in [0.25, 0.3) is 0 Å². The summed E-state index contributed by atoms with van der Waals surface area (Å²) in [6.07, 6.45) is 1.34. The molecule has 0 spiro atoms. The van der Waals surface area contributed by atoms with Gasteiger partial charge in [0.05, 0.1) is 18.0 Å². The largest absolute Gasteiger partial charge is 0.450 e. The van der Waals surface area contributed by atoms with Crippen molar-refractivity contribution < 1.29 is 19.1 Å². The Balaban J connectivity index is 1.64. The summed E-state index contributed by atoms with van der Waals surface area (Å²) in [6.45, 7) is 11.3. The van der Waals surface area contributed by atoms with Crippen molar-refractivity contribution in [2.75, 3.05) is 38.1 Å². The Labute approximate surface area is 188 Å². The molecule has 3 rings (SSSR count). The van der Waals surface area contributed by atoms with Gasteiger partial charge >= 0.3 is 6.09 Å². The highest BCUT2D eigenvalue weighted by molar-refractivity contribution is 6.05. The van der Waals surface area contributed by atoms with E-state index in [2.05, 4.69) is 10.4 Å². The van der Waals surface area contributed by atoms with E-state index in [-0.39, 0.29) is 17.9 Å². The van der Waals surface area contributed by atoms with Gasteiger partial charge in [-0.2, -0.15) is 5.10 Å². The van der Waals surface area contributed by atoms with E-state index in [1.54, 1.807) is 41.4 Å². The topological polar surface area (TPSA) is 96.8 Å². The number of hydrogen-bond acceptors (Lipinski definition) is 5. The zero-order valence-electron chi connectivity index (χ0n) is 19.3. The molecular weight excluding hydrogens is 410 g/mol. The summed E-state index contributed by atoms with van der Waals surface area (Å²) < 4.78 is 6.60. The van der Waals surface area contributed by atoms with Crippen LogP contribution >= 0.6 is 0 Å². The lowest BCUT2D eigenvalue weighted by Crippen LogP contribution is -2.52. The van der Waals surface area contributed by atoms with Gasteiger partial charge in [0.2, 0.25) is 5.91 Å². The molecule has 1 aliphatic rings. The average Bonchev–Trinajstić information content (AvgIpc) is 3.13. The molecule has 1 saturated heterocycles. The van der Waals surface area contributed by atoms with Crippen LogP contribution in [0, 0.1) is 20.8 Å². The van der Waals surface area contributed by atoms with Gasteiger partial charge in [0, 0.05) is 37.9 Å². The average molecular weight is 442 g/mol. The van der Waals surface area contributed by atoms with Crippen LogP contribution in [0.3, 0.4) is 0 Å². The number of amides is 3. The minimum Gasteiger partial charge on any atom is -0.450 e. The molecule has 32 heavy (non-hydrogen) atoms. The number of aryl methyl sites for hydroxylation is 3. The molecule has 1 N–H and O–H groups in total. The van der Waals surface area contributed by atoms with Crippen LogP contribution in [-0.4, -0.2) is 70.3 Å². The minimum atomic E-state index is -0.533. The van der Waals surface area contributed by atoms with Gasteiger partial charge in [-0.25, -0.2) is 4.79 Å². The van der Waals surface area contributed by atoms with E-state index in [0.29, 0.717) is 49.7 Å². The standard InChI is InChI=1S/C23H31N5O4/c1-6-32-23(31)27-11-9-26(10-12-27)22(30)18(5)28-14-20(17(4)25-28)24-21(29)19-8-7-15(2)13-16(19)3/h7-8,13-14,18H,6,9-12H2,1-5H3,(H,24,29). The molecule has 1 aromatic carbocycles. The van der Waals surface area contributed by atoms with Crippen molar-refractivity contribution in [1.29, 1.82) is 0 Å². The van der Waals surface area contributed by atoms with E-state index < -0.39 is 6.04 Å². The maximum atomic E-state index is 13.0. The molecule has 1 unspecified atom stereocenters. The summed E-state index contributed by atoms with van der Waals surface area (Å²) in [5, 5.41) is 7.35. The van der Waals surface area contributed by atoms with Gasteiger partial charge in [-0.3, -0.25) is 14.3 Å². The highest BCUT2D eigenvalue weighted by atomic mass is 16.6. The van der Waals surface area contributed by atoms with Crippen molar-refractivity contribution in [3.8, 4) is 0 Å². The monoisotopic (exact) mass is 441 g/mol. The molecule has 0 aliphatic carbocycles. The first-order valence-corrected chi connectivity index (χ1v) is 10.9. The molecule has 0 radical (unpaired) electrons. The third kappa shape index (κ3) is 5.09. The number of aromatic nitrogens is 2. The molecule has 1 aliphatic heterocycles. The highest BCUT2D eigenvalue weighted by Gasteiger charge is 2.29. The molecule has 2 aromatic rings. The maximum Gasteiger partial charge on any atom is 0.409 e. The smallest absolute Gasteiger partial charge is 0.409 e. The maximum absolute atomic E-state index is 13.0. The summed E-state index contributed by atoms with van der Waals surface area (Å²) in [6, 6.07) is 5.14. The zero-order valence-corrected chi connectivity index (χ0v) is 19.3. The quantitative estimate of drug-likeness (QED) is 0.770. The van der Waals surface area contributed by atoms with Crippen LogP contribution in [0.5, 0.6) is 0 Å². The third-order valence-electron chi connectivity index (χ3n) is 5.66. The van der Waals surface area contributed by atoms with Crippen molar-refractivity contribution in [2.24, 2.45) is 0 Å². The SMILES string of the molecule is CCOC(=O)N1CCN(C(=O)C(C)n2cc(NC(=O)c3ccc(C)cc3C)c(C)n2)CC1. The summed E-state index contributed by atoms with van der Waals surface area (Å²) in [7, 11) is 0. The number of benzene rings is 1. The van der Waals surface area contributed by atoms with Crippen molar-refractivity contribution in [3.05, 3.63) is 46.8 Å². The third-order valence-corrected chi connectivity index (χ3v) is 5.66. The summed E-state index contributed by atoms with van der Waals surface area (Å²) in [5.41, 5.74) is 3.81. The molecular formula is C23H31N5O4. The number of piperazine rings is 1. The first kappa shape index (κ1) is 23.3. The lowest BCUT2D eigenvalue weighted by molar-refractivity contribution is -0.136. The molecule has 0 saturated carbocycles. The molecule has 1 aromatic heterocycles. The van der Waals surface area contributed by atoms with E-state index in [9.17, 15) is 14.4 Å². The van der Waals surface area contributed by atoms with E-state index in [1.807, 2.05) is 32.0 Å².